The number of amidine groups is 1. The molecule has 1 amide bonds. The van der Waals surface area contributed by atoms with Gasteiger partial charge in [-0.2, -0.15) is 8.42 Å². The Bertz CT molecular complexity index is 1940. The molecule has 0 saturated heterocycles. The molecule has 2 aliphatic carbocycles. The maximum atomic E-state index is 13.5. The number of nitrogens with one attached hydrogen (secondary N) is 1. The number of aromatic nitrogens is 1. The number of carbonyl (C=O) groups is 1. The minimum absolute atomic E-state index is 0.0367. The van der Waals surface area contributed by atoms with Crippen LogP contribution in [0.15, 0.2) is 56.4 Å². The van der Waals surface area contributed by atoms with E-state index >= 15 is 0 Å². The minimum atomic E-state index is -4.66. The lowest BCUT2D eigenvalue weighted by Gasteiger charge is -2.24. The van der Waals surface area contributed by atoms with Gasteiger partial charge < -0.3 is 5.11 Å². The van der Waals surface area contributed by atoms with Crippen LogP contribution in [0, 0.1) is 0 Å². The maximum Gasteiger partial charge on any atom is 0.293 e. The summed E-state index contributed by atoms with van der Waals surface area (Å²) in [4.78, 5) is 18.7. The van der Waals surface area contributed by atoms with Gasteiger partial charge in [-0.1, -0.05) is 62.0 Å². The Labute approximate surface area is 264 Å². The summed E-state index contributed by atoms with van der Waals surface area (Å²) in [6.07, 6.45) is 11.6. The van der Waals surface area contributed by atoms with E-state index in [2.05, 4.69) is 14.1 Å². The van der Waals surface area contributed by atoms with Crippen LogP contribution in [0.1, 0.15) is 87.2 Å². The number of thiazole rings is 1. The number of rotatable bonds is 6. The summed E-state index contributed by atoms with van der Waals surface area (Å²) < 4.78 is 59.3. The summed E-state index contributed by atoms with van der Waals surface area (Å²) in [5.41, 5.74) is 3.45. The highest BCUT2D eigenvalue weighted by molar-refractivity contribution is 8.16. The van der Waals surface area contributed by atoms with E-state index in [0.717, 1.165) is 76.8 Å². The molecule has 232 valence electrons. The molecule has 1 aromatic heterocycles. The third kappa shape index (κ3) is 5.65. The first kappa shape index (κ1) is 29.8. The zero-order chi connectivity index (χ0) is 30.6. The van der Waals surface area contributed by atoms with Gasteiger partial charge in [-0.05, 0) is 84.7 Å². The van der Waals surface area contributed by atoms with Gasteiger partial charge in [0.15, 0.2) is 15.2 Å². The summed E-state index contributed by atoms with van der Waals surface area (Å²) in [5.74, 6) is -2.36. The molecule has 0 radical (unpaired) electrons. The van der Waals surface area contributed by atoms with Crippen molar-refractivity contribution in [2.75, 3.05) is 15.4 Å². The maximum absolute atomic E-state index is 13.5. The predicted molar refractivity (Wildman–Crippen MR) is 174 cm³/mol. The number of nitrogens with zero attached hydrogens (tertiary/aromatic N) is 3. The lowest BCUT2D eigenvalue weighted by molar-refractivity contribution is -0.113. The number of thioether (sulfide) groups is 1. The van der Waals surface area contributed by atoms with Gasteiger partial charge in [0, 0.05) is 4.90 Å². The zero-order valence-electron chi connectivity index (χ0n) is 23.9. The molecule has 3 aromatic rings. The number of aliphatic hydroxyl groups is 1. The number of carbonyl (C=O) groups excluding carboxylic acids is 1. The third-order valence-electron chi connectivity index (χ3n) is 8.87. The van der Waals surface area contributed by atoms with Gasteiger partial charge in [0.25, 0.3) is 15.9 Å². The van der Waals surface area contributed by atoms with Crippen molar-refractivity contribution in [2.45, 2.75) is 80.9 Å². The van der Waals surface area contributed by atoms with Gasteiger partial charge in [0.2, 0.25) is 10.0 Å². The van der Waals surface area contributed by atoms with E-state index in [4.69, 9.17) is 0 Å². The van der Waals surface area contributed by atoms with Crippen molar-refractivity contribution in [3.8, 4) is 0 Å². The quantitative estimate of drug-likeness (QED) is 0.216. The Morgan fingerprint density at radius 3 is 2.27 bits per heavy atom. The molecule has 2 saturated carbocycles. The van der Waals surface area contributed by atoms with Crippen molar-refractivity contribution in [1.29, 1.82) is 0 Å². The summed E-state index contributed by atoms with van der Waals surface area (Å²) in [6, 6.07) is 11.6. The number of hydrogen-bond acceptors (Lipinski definition) is 9. The average Bonchev–Trinajstić information content (AvgIpc) is 3.55. The molecule has 0 spiro atoms. The van der Waals surface area contributed by atoms with E-state index < -0.39 is 42.4 Å². The van der Waals surface area contributed by atoms with E-state index in [1.165, 1.54) is 31.2 Å². The van der Waals surface area contributed by atoms with Crippen LogP contribution in [-0.4, -0.2) is 43.8 Å². The summed E-state index contributed by atoms with van der Waals surface area (Å²) in [5, 5.41) is 10.9. The van der Waals surface area contributed by atoms with Crippen LogP contribution in [-0.2, 0) is 24.8 Å². The molecule has 2 fully saturated rings. The number of benzene rings is 2. The van der Waals surface area contributed by atoms with Crippen LogP contribution in [0.25, 0.3) is 10.2 Å². The average molecular weight is 673 g/mol. The van der Waals surface area contributed by atoms with E-state index in [1.807, 2.05) is 30.3 Å². The lowest BCUT2D eigenvalue weighted by Crippen LogP contribution is -2.41. The molecule has 3 heterocycles. The third-order valence-corrected chi connectivity index (χ3v) is 13.5. The topological polar surface area (TPSA) is 146 Å². The van der Waals surface area contributed by atoms with Gasteiger partial charge in [-0.15, -0.1) is 4.40 Å². The standard InChI is InChI=1S/C30H32N4O6S4/c35-24(17-43(37,38)32-29-31-22-13-11-20(15-25(22)41-29)18-7-3-1-4-8-18)27-28(36)34-23-14-12-21(19-9-5-2-6-10-19)16-26(23)42-30(34)33-44(27,39)40/h11-16,18-19,35H,1-10,17H2,(H,31,32)/b27-24-. The van der Waals surface area contributed by atoms with Crippen LogP contribution in [0.3, 0.4) is 0 Å². The Morgan fingerprint density at radius 1 is 0.955 bits per heavy atom. The fourth-order valence-corrected chi connectivity index (χ4v) is 11.4. The van der Waals surface area contributed by atoms with E-state index in [9.17, 15) is 26.7 Å². The highest BCUT2D eigenvalue weighted by atomic mass is 32.2. The fourth-order valence-electron chi connectivity index (χ4n) is 6.71. The highest BCUT2D eigenvalue weighted by Gasteiger charge is 2.45. The molecule has 2 aromatic carbocycles. The Morgan fingerprint density at radius 2 is 1.59 bits per heavy atom. The SMILES string of the molecule is O=C1/C(=C(/O)CS(=O)(=O)Nc2nc3ccc(C4CCCCC4)cc3s2)S(=O)(=O)N=C2Sc3cc(C4CCCCC4)ccc3N12. The van der Waals surface area contributed by atoms with Gasteiger partial charge in [0.05, 0.1) is 15.9 Å². The second-order valence-corrected chi connectivity index (χ2v) is 17.2. The van der Waals surface area contributed by atoms with Crippen molar-refractivity contribution in [3.05, 3.63) is 58.2 Å². The van der Waals surface area contributed by atoms with E-state index in [1.54, 1.807) is 6.07 Å². The minimum Gasteiger partial charge on any atom is -0.509 e. The van der Waals surface area contributed by atoms with Crippen LogP contribution < -0.4 is 9.62 Å². The molecule has 2 aliphatic heterocycles. The van der Waals surface area contributed by atoms with Gasteiger partial charge >= 0.3 is 0 Å². The molecule has 4 aliphatic rings. The van der Waals surface area contributed by atoms with Crippen molar-refractivity contribution in [2.24, 2.45) is 4.40 Å². The fraction of sp³-hybridized carbons (Fsp3) is 0.433. The van der Waals surface area contributed by atoms with Crippen molar-refractivity contribution in [3.63, 3.8) is 0 Å². The van der Waals surface area contributed by atoms with Crippen LogP contribution >= 0.6 is 23.1 Å². The molecule has 0 atom stereocenters. The number of aliphatic hydroxyl groups excluding tert-OH is 1. The highest BCUT2D eigenvalue weighted by Crippen LogP contribution is 2.46. The molecule has 2 N–H and O–H groups in total. The van der Waals surface area contributed by atoms with Gasteiger partial charge in [-0.3, -0.25) is 14.4 Å². The molecule has 10 nitrogen and oxygen atoms in total. The number of anilines is 2. The number of hydrogen-bond donors (Lipinski definition) is 2. The normalized spacial score (nSPS) is 22.0. The monoisotopic (exact) mass is 672 g/mol. The summed E-state index contributed by atoms with van der Waals surface area (Å²) >= 11 is 2.24. The van der Waals surface area contributed by atoms with Crippen LogP contribution in [0.5, 0.6) is 0 Å². The first-order chi connectivity index (χ1) is 21.1. The molecule has 7 rings (SSSR count). The van der Waals surface area contributed by atoms with E-state index in [-0.39, 0.29) is 10.3 Å². The molecule has 14 heteroatoms. The largest absolute Gasteiger partial charge is 0.509 e. The second kappa shape index (κ2) is 11.5. The summed E-state index contributed by atoms with van der Waals surface area (Å²) in [6.45, 7) is 0. The molecule has 0 unspecified atom stereocenters. The predicted octanol–water partition coefficient (Wildman–Crippen LogP) is 6.74. The number of sulfonamides is 2. The Balaban J connectivity index is 1.12. The molecular weight excluding hydrogens is 641 g/mol. The van der Waals surface area contributed by atoms with E-state index in [0.29, 0.717) is 27.9 Å². The van der Waals surface area contributed by atoms with Crippen molar-refractivity contribution in [1.82, 2.24) is 4.98 Å². The van der Waals surface area contributed by atoms with Crippen molar-refractivity contribution < 1.29 is 26.7 Å². The Kier molecular flexibility index (Phi) is 7.74. The first-order valence-electron chi connectivity index (χ1n) is 14.9. The second-order valence-electron chi connectivity index (χ2n) is 11.9. The van der Waals surface area contributed by atoms with Crippen molar-refractivity contribution >= 4 is 75.3 Å². The molecular formula is C30H32N4O6S4. The van der Waals surface area contributed by atoms with Crippen LogP contribution in [0.2, 0.25) is 0 Å². The molecule has 0 bridgehead atoms. The smallest absolute Gasteiger partial charge is 0.293 e. The lowest BCUT2D eigenvalue weighted by atomic mass is 9.84. The summed E-state index contributed by atoms with van der Waals surface area (Å²) in [7, 11) is -8.99. The zero-order valence-corrected chi connectivity index (χ0v) is 27.1. The van der Waals surface area contributed by atoms with Gasteiger partial charge in [-0.25, -0.2) is 13.4 Å². The Hall–Kier alpha value is -2.94. The number of amides is 1. The first-order valence-corrected chi connectivity index (χ1v) is 19.6. The van der Waals surface area contributed by atoms with Gasteiger partial charge in [0.1, 0.15) is 11.5 Å². The molecule has 44 heavy (non-hydrogen) atoms. The number of fused-ring (bicyclic) bond motifs is 4. The van der Waals surface area contributed by atoms with Crippen LogP contribution in [0.4, 0.5) is 10.8 Å².